The highest BCUT2D eigenvalue weighted by Gasteiger charge is 2.39. The Hall–Kier alpha value is -1.69. The lowest BCUT2D eigenvalue weighted by molar-refractivity contribution is -0.122. The standard InChI is InChI=1S/C19H16Cl2F2N2O/c20-11-1-4-17(14(21)9-11)25-8-6-18(19(25)26)24-7-5-12-13(10-24)16(23)3-2-15(12)22/h1-4,9,18H,5-8,10H2. The molecule has 2 aromatic carbocycles. The number of carbonyl (C=O) groups is 1. The highest BCUT2D eigenvalue weighted by Crippen LogP contribution is 2.34. The summed E-state index contributed by atoms with van der Waals surface area (Å²) in [6.07, 6.45) is 1.01. The van der Waals surface area contributed by atoms with Gasteiger partial charge in [0.1, 0.15) is 11.6 Å². The number of amides is 1. The minimum absolute atomic E-state index is 0.0746. The SMILES string of the molecule is O=C1C(N2CCc3c(F)ccc(F)c3C2)CCN1c1ccc(Cl)cc1Cl. The number of carbonyl (C=O) groups excluding carboxylic acids is 1. The van der Waals surface area contributed by atoms with E-state index in [9.17, 15) is 13.6 Å². The molecular formula is C19H16Cl2F2N2O. The van der Waals surface area contributed by atoms with E-state index in [2.05, 4.69) is 0 Å². The van der Waals surface area contributed by atoms with Crippen LogP contribution in [0.3, 0.4) is 0 Å². The van der Waals surface area contributed by atoms with E-state index in [1.807, 2.05) is 4.90 Å². The van der Waals surface area contributed by atoms with Crippen LogP contribution in [0, 0.1) is 11.6 Å². The Kier molecular flexibility index (Phi) is 4.63. The first-order valence-electron chi connectivity index (χ1n) is 8.42. The van der Waals surface area contributed by atoms with Crippen LogP contribution in [0.25, 0.3) is 0 Å². The topological polar surface area (TPSA) is 23.6 Å². The van der Waals surface area contributed by atoms with Crippen LogP contribution in [-0.2, 0) is 17.8 Å². The molecule has 0 saturated carbocycles. The summed E-state index contributed by atoms with van der Waals surface area (Å²) in [4.78, 5) is 16.5. The van der Waals surface area contributed by atoms with Gasteiger partial charge in [-0.15, -0.1) is 0 Å². The zero-order valence-corrected chi connectivity index (χ0v) is 15.3. The maximum Gasteiger partial charge on any atom is 0.244 e. The number of anilines is 1. The summed E-state index contributed by atoms with van der Waals surface area (Å²) in [7, 11) is 0. The lowest BCUT2D eigenvalue weighted by atomic mass is 9.97. The van der Waals surface area contributed by atoms with E-state index in [0.717, 1.165) is 12.1 Å². The summed E-state index contributed by atoms with van der Waals surface area (Å²) in [6.45, 7) is 1.28. The zero-order chi connectivity index (χ0) is 18.4. The third-order valence-corrected chi connectivity index (χ3v) is 5.68. The van der Waals surface area contributed by atoms with Crippen molar-refractivity contribution in [1.82, 2.24) is 4.90 Å². The van der Waals surface area contributed by atoms with E-state index in [-0.39, 0.29) is 24.3 Å². The molecule has 1 saturated heterocycles. The largest absolute Gasteiger partial charge is 0.310 e. The molecule has 0 radical (unpaired) electrons. The van der Waals surface area contributed by atoms with Gasteiger partial charge in [0.25, 0.3) is 0 Å². The second-order valence-electron chi connectivity index (χ2n) is 6.60. The van der Waals surface area contributed by atoms with E-state index in [1.165, 1.54) is 0 Å². The van der Waals surface area contributed by atoms with Crippen LogP contribution < -0.4 is 4.90 Å². The molecule has 0 bridgehead atoms. The fourth-order valence-corrected chi connectivity index (χ4v) is 4.33. The van der Waals surface area contributed by atoms with Crippen molar-refractivity contribution in [1.29, 1.82) is 0 Å². The van der Waals surface area contributed by atoms with Crippen molar-refractivity contribution >= 4 is 34.8 Å². The van der Waals surface area contributed by atoms with Crippen LogP contribution in [0.15, 0.2) is 30.3 Å². The maximum atomic E-state index is 14.1. The van der Waals surface area contributed by atoms with E-state index in [4.69, 9.17) is 23.2 Å². The van der Waals surface area contributed by atoms with Crippen molar-refractivity contribution in [3.63, 3.8) is 0 Å². The molecule has 3 nitrogen and oxygen atoms in total. The summed E-state index contributed by atoms with van der Waals surface area (Å²) in [5.74, 6) is -0.878. The second kappa shape index (κ2) is 6.80. The molecule has 0 spiro atoms. The molecule has 26 heavy (non-hydrogen) atoms. The van der Waals surface area contributed by atoms with Gasteiger partial charge >= 0.3 is 0 Å². The molecular weight excluding hydrogens is 381 g/mol. The molecule has 0 aromatic heterocycles. The van der Waals surface area contributed by atoms with E-state index >= 15 is 0 Å². The first-order chi connectivity index (χ1) is 12.5. The van der Waals surface area contributed by atoms with Gasteiger partial charge in [-0.05, 0) is 48.7 Å². The second-order valence-corrected chi connectivity index (χ2v) is 7.44. The van der Waals surface area contributed by atoms with E-state index in [0.29, 0.717) is 52.8 Å². The summed E-state index contributed by atoms with van der Waals surface area (Å²) >= 11 is 12.2. The molecule has 0 aliphatic carbocycles. The summed E-state index contributed by atoms with van der Waals surface area (Å²) < 4.78 is 28.0. The molecule has 2 aliphatic rings. The van der Waals surface area contributed by atoms with Crippen LogP contribution in [0.2, 0.25) is 10.0 Å². The van der Waals surface area contributed by atoms with Crippen LogP contribution in [0.1, 0.15) is 17.5 Å². The fraction of sp³-hybridized carbons (Fsp3) is 0.316. The van der Waals surface area contributed by atoms with E-state index < -0.39 is 5.82 Å². The average Bonchev–Trinajstić information content (AvgIpc) is 2.99. The number of halogens is 4. The molecule has 136 valence electrons. The molecule has 1 amide bonds. The predicted octanol–water partition coefficient (Wildman–Crippen LogP) is 4.44. The Morgan fingerprint density at radius 1 is 1.00 bits per heavy atom. The Labute approximate surface area is 160 Å². The Bertz CT molecular complexity index is 890. The van der Waals surface area contributed by atoms with Gasteiger partial charge in [0.15, 0.2) is 0 Å². The highest BCUT2D eigenvalue weighted by atomic mass is 35.5. The molecule has 2 heterocycles. The van der Waals surface area contributed by atoms with Gasteiger partial charge in [0.2, 0.25) is 5.91 Å². The molecule has 2 aromatic rings. The van der Waals surface area contributed by atoms with Crippen LogP contribution in [-0.4, -0.2) is 29.9 Å². The van der Waals surface area contributed by atoms with Gasteiger partial charge in [-0.25, -0.2) is 8.78 Å². The zero-order valence-electron chi connectivity index (χ0n) is 13.8. The molecule has 2 aliphatic heterocycles. The lowest BCUT2D eigenvalue weighted by Crippen LogP contribution is -2.44. The highest BCUT2D eigenvalue weighted by molar-refractivity contribution is 6.36. The molecule has 1 atom stereocenters. The van der Waals surface area contributed by atoms with Crippen molar-refractivity contribution in [3.8, 4) is 0 Å². The van der Waals surface area contributed by atoms with Crippen LogP contribution in [0.4, 0.5) is 14.5 Å². The molecule has 0 N–H and O–H groups in total. The van der Waals surface area contributed by atoms with Crippen molar-refractivity contribution in [2.24, 2.45) is 0 Å². The normalized spacial score (nSPS) is 20.5. The molecule has 1 unspecified atom stereocenters. The van der Waals surface area contributed by atoms with Gasteiger partial charge in [-0.1, -0.05) is 23.2 Å². The number of fused-ring (bicyclic) bond motifs is 1. The fourth-order valence-electron chi connectivity index (χ4n) is 3.82. The smallest absolute Gasteiger partial charge is 0.244 e. The number of nitrogens with zero attached hydrogens (tertiary/aromatic N) is 2. The van der Waals surface area contributed by atoms with Crippen molar-refractivity contribution in [3.05, 3.63) is 63.1 Å². The van der Waals surface area contributed by atoms with Gasteiger partial charge in [0, 0.05) is 30.2 Å². The quantitative estimate of drug-likeness (QED) is 0.749. The number of hydrogen-bond acceptors (Lipinski definition) is 2. The predicted molar refractivity (Wildman–Crippen MR) is 97.7 cm³/mol. The maximum absolute atomic E-state index is 14.1. The van der Waals surface area contributed by atoms with Gasteiger partial charge in [0.05, 0.1) is 16.8 Å². The van der Waals surface area contributed by atoms with Crippen molar-refractivity contribution < 1.29 is 13.6 Å². The van der Waals surface area contributed by atoms with Crippen LogP contribution in [0.5, 0.6) is 0 Å². The number of hydrogen-bond donors (Lipinski definition) is 0. The van der Waals surface area contributed by atoms with Gasteiger partial charge < -0.3 is 4.90 Å². The van der Waals surface area contributed by atoms with Gasteiger partial charge in [-0.3, -0.25) is 9.69 Å². The Morgan fingerprint density at radius 3 is 2.46 bits per heavy atom. The summed E-state index contributed by atoms with van der Waals surface area (Å²) in [6, 6.07) is 6.97. The van der Waals surface area contributed by atoms with Crippen LogP contribution >= 0.6 is 23.2 Å². The molecule has 4 rings (SSSR count). The van der Waals surface area contributed by atoms with E-state index in [1.54, 1.807) is 23.1 Å². The van der Waals surface area contributed by atoms with Gasteiger partial charge in [-0.2, -0.15) is 0 Å². The number of benzene rings is 2. The third-order valence-electron chi connectivity index (χ3n) is 5.15. The summed E-state index contributed by atoms with van der Waals surface area (Å²) in [5, 5.41) is 0.927. The minimum Gasteiger partial charge on any atom is -0.310 e. The molecule has 1 fully saturated rings. The lowest BCUT2D eigenvalue weighted by Gasteiger charge is -2.33. The minimum atomic E-state index is -0.422. The third kappa shape index (κ3) is 2.98. The summed E-state index contributed by atoms with van der Waals surface area (Å²) in [5.41, 5.74) is 1.40. The monoisotopic (exact) mass is 396 g/mol. The Balaban J connectivity index is 1.57. The first-order valence-corrected chi connectivity index (χ1v) is 9.17. The van der Waals surface area contributed by atoms with Crippen molar-refractivity contribution in [2.75, 3.05) is 18.0 Å². The number of rotatable bonds is 2. The first kappa shape index (κ1) is 17.7. The average molecular weight is 397 g/mol. The Morgan fingerprint density at radius 2 is 1.73 bits per heavy atom. The molecule has 7 heteroatoms. The van der Waals surface area contributed by atoms with Crippen molar-refractivity contribution in [2.45, 2.75) is 25.4 Å².